The van der Waals surface area contributed by atoms with E-state index in [4.69, 9.17) is 41.5 Å². The predicted molar refractivity (Wildman–Crippen MR) is 442 cm³/mol. The van der Waals surface area contributed by atoms with Crippen molar-refractivity contribution in [1.29, 1.82) is 0 Å². The van der Waals surface area contributed by atoms with Gasteiger partial charge in [-0.2, -0.15) is 0 Å². The van der Waals surface area contributed by atoms with E-state index in [1.807, 2.05) is 72.8 Å². The lowest BCUT2D eigenvalue weighted by molar-refractivity contribution is 1.07. The average molecular weight is 1400 g/mol. The quantitative estimate of drug-likeness (QED) is 0.158. The van der Waals surface area contributed by atoms with E-state index in [9.17, 15) is 0 Å². The highest BCUT2D eigenvalue weighted by Gasteiger charge is 2.25. The maximum absolute atomic E-state index is 6.93. The molecule has 16 aromatic carbocycles. The Bertz CT molecular complexity index is 7040. The van der Waals surface area contributed by atoms with Gasteiger partial charge in [-0.1, -0.05) is 291 Å². The first-order valence-corrected chi connectivity index (χ1v) is 37.1. The SMILES string of the molecule is Clc1c(-c2nc(-c3ccccc3)nc(-c3cccc4sc5ccccc5c34)n2)ccc2ccccc12.c1ccc(-c2nc(-c3ccc4ccccc4c3-n3c4ccccc4c4cc5ccccc5cc43)nc(-c3cccc4sc5ccccc5c34)n2)cc1.c1ccc2c(c1)Cc1cc3ccccc3cc1-2. The Kier molecular flexibility index (Phi) is 15.3. The monoisotopic (exact) mass is 1400 g/mol. The van der Waals surface area contributed by atoms with Crippen molar-refractivity contribution in [2.24, 2.45) is 0 Å². The van der Waals surface area contributed by atoms with Crippen molar-refractivity contribution in [2.75, 3.05) is 0 Å². The molecule has 105 heavy (non-hydrogen) atoms. The van der Waals surface area contributed by atoms with Gasteiger partial charge in [0, 0.05) is 95.3 Å². The van der Waals surface area contributed by atoms with Crippen LogP contribution in [0.5, 0.6) is 0 Å². The molecule has 0 amide bonds. The van der Waals surface area contributed by atoms with Crippen molar-refractivity contribution in [3.8, 4) is 85.1 Å². The first-order chi connectivity index (χ1) is 52.0. The van der Waals surface area contributed by atoms with Crippen LogP contribution in [0.15, 0.2) is 340 Å². The van der Waals surface area contributed by atoms with E-state index in [1.165, 1.54) is 94.9 Å². The van der Waals surface area contributed by atoms with Crippen molar-refractivity contribution in [2.45, 2.75) is 6.42 Å². The molecule has 21 aromatic rings. The summed E-state index contributed by atoms with van der Waals surface area (Å²) in [4.78, 5) is 30.7. The molecule has 22 rings (SSSR count). The third kappa shape index (κ3) is 10.9. The number of hydrogen-bond acceptors (Lipinski definition) is 8. The first kappa shape index (κ1) is 61.9. The van der Waals surface area contributed by atoms with Crippen molar-refractivity contribution in [3.05, 3.63) is 356 Å². The Morgan fingerprint density at radius 2 is 0.667 bits per heavy atom. The van der Waals surface area contributed by atoms with E-state index in [-0.39, 0.29) is 0 Å². The fourth-order valence-corrected chi connectivity index (χ4v) is 18.0. The summed E-state index contributed by atoms with van der Waals surface area (Å²) in [5.41, 5.74) is 14.7. The fourth-order valence-electron chi connectivity index (χ4n) is 15.4. The van der Waals surface area contributed by atoms with E-state index in [0.29, 0.717) is 40.0 Å². The minimum atomic E-state index is 0.561. The molecular formula is C95H58ClN7S2. The highest BCUT2D eigenvalue weighted by Crippen LogP contribution is 2.46. The number of fused-ring (bicyclic) bond motifs is 16. The Balaban J connectivity index is 0.000000118. The van der Waals surface area contributed by atoms with Gasteiger partial charge in [-0.25, -0.2) is 29.9 Å². The number of rotatable bonds is 7. The molecule has 7 nitrogen and oxygen atoms in total. The molecule has 0 aliphatic heterocycles. The molecule has 1 aliphatic carbocycles. The van der Waals surface area contributed by atoms with E-state index in [2.05, 4.69) is 271 Å². The van der Waals surface area contributed by atoms with Crippen LogP contribution in [0.4, 0.5) is 0 Å². The Labute approximate surface area is 617 Å². The molecule has 5 aromatic heterocycles. The summed E-state index contributed by atoms with van der Waals surface area (Å²) in [7, 11) is 0. The van der Waals surface area contributed by atoms with Crippen LogP contribution in [0.25, 0.3) is 190 Å². The highest BCUT2D eigenvalue weighted by atomic mass is 35.5. The summed E-state index contributed by atoms with van der Waals surface area (Å²) >= 11 is 10.5. The molecular weight excluding hydrogens is 1340 g/mol. The molecule has 0 radical (unpaired) electrons. The number of nitrogens with zero attached hydrogens (tertiary/aromatic N) is 7. The Morgan fingerprint density at radius 3 is 1.28 bits per heavy atom. The van der Waals surface area contributed by atoms with Gasteiger partial charge in [0.1, 0.15) is 0 Å². The predicted octanol–water partition coefficient (Wildman–Crippen LogP) is 26.1. The Hall–Kier alpha value is -12.9. The van der Waals surface area contributed by atoms with Crippen LogP contribution in [-0.2, 0) is 6.42 Å². The number of thiophene rings is 2. The van der Waals surface area contributed by atoms with Crippen LogP contribution in [0.2, 0.25) is 5.02 Å². The molecule has 0 saturated carbocycles. The molecule has 492 valence electrons. The van der Waals surface area contributed by atoms with Crippen LogP contribution < -0.4 is 0 Å². The number of benzene rings is 16. The smallest absolute Gasteiger partial charge is 0.166 e. The maximum Gasteiger partial charge on any atom is 0.166 e. The van der Waals surface area contributed by atoms with Crippen LogP contribution in [0.3, 0.4) is 0 Å². The lowest BCUT2D eigenvalue weighted by atomic mass is 10.0. The molecule has 0 spiro atoms. The molecule has 0 unspecified atom stereocenters. The lowest BCUT2D eigenvalue weighted by Gasteiger charge is -2.17. The minimum Gasteiger partial charge on any atom is -0.308 e. The topological polar surface area (TPSA) is 82.3 Å². The summed E-state index contributed by atoms with van der Waals surface area (Å²) in [5.74, 6) is 3.75. The number of para-hydroxylation sites is 1. The third-order valence-electron chi connectivity index (χ3n) is 20.3. The van der Waals surface area contributed by atoms with Crippen LogP contribution >= 0.6 is 34.3 Å². The molecule has 1 aliphatic rings. The summed E-state index contributed by atoms with van der Waals surface area (Å²) in [6, 6.07) is 119. The van der Waals surface area contributed by atoms with E-state index >= 15 is 0 Å². The zero-order chi connectivity index (χ0) is 69.5. The number of aromatic nitrogens is 7. The molecule has 5 heterocycles. The van der Waals surface area contributed by atoms with Crippen molar-refractivity contribution >= 4 is 140 Å². The molecule has 10 heteroatoms. The third-order valence-corrected chi connectivity index (χ3v) is 23.0. The second-order valence-electron chi connectivity index (χ2n) is 26.5. The van der Waals surface area contributed by atoms with Gasteiger partial charge in [-0.15, -0.1) is 22.7 Å². The van der Waals surface area contributed by atoms with Gasteiger partial charge in [-0.3, -0.25) is 0 Å². The fraction of sp³-hybridized carbons (Fsp3) is 0.0105. The summed E-state index contributed by atoms with van der Waals surface area (Å²) in [6.45, 7) is 0. The molecule has 0 saturated heterocycles. The van der Waals surface area contributed by atoms with Gasteiger partial charge in [0.05, 0.1) is 21.7 Å². The number of hydrogen-bond donors (Lipinski definition) is 0. The van der Waals surface area contributed by atoms with E-state index < -0.39 is 0 Å². The average Bonchev–Trinajstić information content (AvgIpc) is 1.59. The normalized spacial score (nSPS) is 11.8. The first-order valence-electron chi connectivity index (χ1n) is 35.1. The Morgan fingerprint density at radius 1 is 0.248 bits per heavy atom. The van der Waals surface area contributed by atoms with E-state index in [1.54, 1.807) is 22.7 Å². The van der Waals surface area contributed by atoms with Gasteiger partial charge in [0.25, 0.3) is 0 Å². The van der Waals surface area contributed by atoms with Gasteiger partial charge in [0.2, 0.25) is 0 Å². The molecule has 0 atom stereocenters. The lowest BCUT2D eigenvalue weighted by Crippen LogP contribution is -2.04. The minimum absolute atomic E-state index is 0.561. The number of halogens is 1. The summed E-state index contributed by atoms with van der Waals surface area (Å²) < 4.78 is 7.34. The van der Waals surface area contributed by atoms with Crippen LogP contribution in [0.1, 0.15) is 11.1 Å². The van der Waals surface area contributed by atoms with E-state index in [0.717, 1.165) is 78.1 Å². The second-order valence-corrected chi connectivity index (χ2v) is 29.0. The van der Waals surface area contributed by atoms with Gasteiger partial charge >= 0.3 is 0 Å². The molecule has 0 bridgehead atoms. The molecule has 0 N–H and O–H groups in total. The van der Waals surface area contributed by atoms with Gasteiger partial charge in [0.15, 0.2) is 34.9 Å². The van der Waals surface area contributed by atoms with Crippen molar-refractivity contribution in [1.82, 2.24) is 34.5 Å². The van der Waals surface area contributed by atoms with Gasteiger partial charge in [-0.05, 0) is 122 Å². The van der Waals surface area contributed by atoms with Crippen molar-refractivity contribution < 1.29 is 0 Å². The standard InChI is InChI=1S/C47H28N4S.C31H18ClN3S.C17H12/c1-2-14-30(15-3-1)45-48-46(36-21-12-24-42-43(36)35-20-9-11-23-41(35)52-42)50-47(49-45)37-26-25-29-13-6-7-18-33(29)44(37)51-39-22-10-8-19-34(39)38-27-31-16-4-5-17-32(31)28-40(38)51;32-28-21-12-5-4-9-19(21)17-18-24(28)31-34-29(20-10-2-1-3-11-20)33-30(35-31)23-14-8-16-26-27(23)22-13-6-7-15-25(22)36-26;1-2-6-13-11-17-15(9-12(13)5-1)10-14-7-3-4-8-16(14)17/h1-28H;1-18H;1-9,11H,10H2. The summed E-state index contributed by atoms with van der Waals surface area (Å²) in [6.07, 6.45) is 1.08. The second kappa shape index (κ2) is 25.9. The van der Waals surface area contributed by atoms with Crippen molar-refractivity contribution in [3.63, 3.8) is 0 Å². The van der Waals surface area contributed by atoms with Gasteiger partial charge < -0.3 is 4.57 Å². The zero-order valence-electron chi connectivity index (χ0n) is 56.4. The highest BCUT2D eigenvalue weighted by molar-refractivity contribution is 7.26. The van der Waals surface area contributed by atoms with Crippen LogP contribution in [0, 0.1) is 0 Å². The largest absolute Gasteiger partial charge is 0.308 e. The maximum atomic E-state index is 6.93. The molecule has 0 fully saturated rings. The zero-order valence-corrected chi connectivity index (χ0v) is 58.8. The van der Waals surface area contributed by atoms with Crippen LogP contribution in [-0.4, -0.2) is 34.5 Å². The summed E-state index contributed by atoms with van der Waals surface area (Å²) in [5, 5.41) is 17.3.